The third kappa shape index (κ3) is 2.58. The first-order valence-corrected chi connectivity index (χ1v) is 11.3. The molecule has 1 saturated heterocycles. The maximum absolute atomic E-state index is 13.4. The summed E-state index contributed by atoms with van der Waals surface area (Å²) in [5.41, 5.74) is 4.06. The third-order valence-electron chi connectivity index (χ3n) is 7.12. The summed E-state index contributed by atoms with van der Waals surface area (Å²) in [7, 11) is 0. The van der Waals surface area contributed by atoms with E-state index >= 15 is 0 Å². The van der Waals surface area contributed by atoms with Crippen molar-refractivity contribution in [3.05, 3.63) is 59.1 Å². The SMILES string of the molecule is CC1(C)C=Cc2c(ccc3c4c([nH]c23)C(C)(C)/C=C\N2C(=O)C3=CCCN3C(=O)C2C4)O1. The van der Waals surface area contributed by atoms with Gasteiger partial charge in [-0.25, -0.2) is 0 Å². The minimum absolute atomic E-state index is 0.000875. The zero-order chi connectivity index (χ0) is 22.4. The molecule has 5 heterocycles. The van der Waals surface area contributed by atoms with Crippen LogP contribution < -0.4 is 4.74 Å². The number of aromatic nitrogens is 1. The maximum atomic E-state index is 13.4. The van der Waals surface area contributed by atoms with Crippen LogP contribution in [0.25, 0.3) is 17.0 Å². The number of benzene rings is 1. The van der Waals surface area contributed by atoms with E-state index in [0.717, 1.165) is 39.9 Å². The number of ether oxygens (including phenoxy) is 1. The van der Waals surface area contributed by atoms with Gasteiger partial charge in [0.1, 0.15) is 23.1 Å². The Morgan fingerprint density at radius 2 is 1.94 bits per heavy atom. The molecule has 4 aliphatic heterocycles. The van der Waals surface area contributed by atoms with Crippen molar-refractivity contribution in [2.24, 2.45) is 0 Å². The van der Waals surface area contributed by atoms with E-state index in [9.17, 15) is 9.59 Å². The number of nitrogens with one attached hydrogen (secondary N) is 1. The highest BCUT2D eigenvalue weighted by Gasteiger charge is 2.45. The van der Waals surface area contributed by atoms with Crippen LogP contribution in [0.5, 0.6) is 5.75 Å². The summed E-state index contributed by atoms with van der Waals surface area (Å²) in [5, 5.41) is 1.08. The van der Waals surface area contributed by atoms with E-state index in [0.29, 0.717) is 18.7 Å². The van der Waals surface area contributed by atoms with Crippen molar-refractivity contribution in [2.75, 3.05) is 6.54 Å². The number of carbonyl (C=O) groups excluding carboxylic acids is 2. The Hall–Kier alpha value is -3.28. The molecule has 4 aliphatic rings. The molecule has 0 aliphatic carbocycles. The molecular weight excluding hydrogens is 402 g/mol. The van der Waals surface area contributed by atoms with E-state index in [1.165, 1.54) is 0 Å². The summed E-state index contributed by atoms with van der Waals surface area (Å²) >= 11 is 0. The van der Waals surface area contributed by atoms with Crippen LogP contribution >= 0.6 is 0 Å². The largest absolute Gasteiger partial charge is 0.483 e. The standard InChI is InChI=1S/C26H27N3O3/c1-25(2)11-13-29-19(24(31)28-12-5-6-18(28)23(29)30)14-17-15-7-8-20-16(21(15)27-22(17)25)9-10-26(3,4)32-20/h6-11,13,19,27H,5,12,14H2,1-4H3/b13-11-. The molecule has 1 fully saturated rings. The molecule has 164 valence electrons. The van der Waals surface area contributed by atoms with Gasteiger partial charge in [0.15, 0.2) is 0 Å². The van der Waals surface area contributed by atoms with E-state index in [1.54, 1.807) is 9.80 Å². The highest BCUT2D eigenvalue weighted by atomic mass is 16.5. The fraction of sp³-hybridized carbons (Fsp3) is 0.385. The highest BCUT2D eigenvalue weighted by Crippen LogP contribution is 2.42. The summed E-state index contributed by atoms with van der Waals surface area (Å²) in [6.45, 7) is 8.94. The highest BCUT2D eigenvalue weighted by molar-refractivity contribution is 6.06. The van der Waals surface area contributed by atoms with Gasteiger partial charge in [0.05, 0.1) is 5.52 Å². The van der Waals surface area contributed by atoms with Gasteiger partial charge in [0.25, 0.3) is 11.8 Å². The molecule has 2 aromatic rings. The van der Waals surface area contributed by atoms with Crippen molar-refractivity contribution < 1.29 is 14.3 Å². The summed E-state index contributed by atoms with van der Waals surface area (Å²) in [6.07, 6.45) is 11.1. The molecule has 0 bridgehead atoms. The van der Waals surface area contributed by atoms with Crippen molar-refractivity contribution in [1.82, 2.24) is 14.8 Å². The Morgan fingerprint density at radius 1 is 1.12 bits per heavy atom. The molecule has 1 N–H and O–H groups in total. The first kappa shape index (κ1) is 19.4. The number of rotatable bonds is 0. The molecule has 1 unspecified atom stereocenters. The van der Waals surface area contributed by atoms with Crippen LogP contribution in [0.4, 0.5) is 0 Å². The Balaban J connectivity index is 1.54. The van der Waals surface area contributed by atoms with E-state index in [2.05, 4.69) is 37.0 Å². The predicted octanol–water partition coefficient (Wildman–Crippen LogP) is 4.03. The van der Waals surface area contributed by atoms with Gasteiger partial charge >= 0.3 is 0 Å². The Kier molecular flexibility index (Phi) is 3.73. The Bertz CT molecular complexity index is 1290. The molecule has 6 heteroatoms. The summed E-state index contributed by atoms with van der Waals surface area (Å²) in [4.78, 5) is 33.6. The second kappa shape index (κ2) is 6.15. The first-order chi connectivity index (χ1) is 15.2. The number of piperazine rings is 1. The van der Waals surface area contributed by atoms with Gasteiger partial charge in [-0.1, -0.05) is 26.0 Å². The van der Waals surface area contributed by atoms with Crippen LogP contribution in [0.2, 0.25) is 0 Å². The van der Waals surface area contributed by atoms with Crippen LogP contribution in [0.3, 0.4) is 0 Å². The minimum atomic E-state index is -0.537. The molecule has 1 aromatic carbocycles. The van der Waals surface area contributed by atoms with Crippen LogP contribution in [-0.4, -0.2) is 44.8 Å². The van der Waals surface area contributed by atoms with Crippen LogP contribution in [0, 0.1) is 0 Å². The summed E-state index contributed by atoms with van der Waals surface area (Å²) in [6, 6.07) is 3.57. The third-order valence-corrected chi connectivity index (χ3v) is 7.12. The number of H-pyrrole nitrogens is 1. The molecule has 0 saturated carbocycles. The lowest BCUT2D eigenvalue weighted by atomic mass is 9.82. The lowest BCUT2D eigenvalue weighted by Gasteiger charge is -2.40. The normalized spacial score (nSPS) is 25.9. The fourth-order valence-electron chi connectivity index (χ4n) is 5.41. The van der Waals surface area contributed by atoms with Crippen molar-refractivity contribution in [2.45, 2.75) is 57.6 Å². The van der Waals surface area contributed by atoms with Crippen molar-refractivity contribution in [1.29, 1.82) is 0 Å². The van der Waals surface area contributed by atoms with Gasteiger partial charge in [-0.15, -0.1) is 0 Å². The van der Waals surface area contributed by atoms with Crippen molar-refractivity contribution in [3.8, 4) is 5.75 Å². The molecule has 32 heavy (non-hydrogen) atoms. The number of amides is 2. The minimum Gasteiger partial charge on any atom is -0.483 e. The lowest BCUT2D eigenvalue weighted by Crippen LogP contribution is -2.56. The molecule has 1 atom stereocenters. The topological polar surface area (TPSA) is 65.6 Å². The van der Waals surface area contributed by atoms with Gasteiger partial charge < -0.3 is 19.5 Å². The molecule has 0 radical (unpaired) electrons. The van der Waals surface area contributed by atoms with Crippen molar-refractivity contribution >= 4 is 28.8 Å². The predicted molar refractivity (Wildman–Crippen MR) is 123 cm³/mol. The number of hydrogen-bond acceptors (Lipinski definition) is 3. The lowest BCUT2D eigenvalue weighted by molar-refractivity contribution is -0.147. The van der Waals surface area contributed by atoms with Crippen LogP contribution in [0.1, 0.15) is 50.9 Å². The second-order valence-corrected chi connectivity index (χ2v) is 10.3. The number of aromatic amines is 1. The average molecular weight is 430 g/mol. The number of carbonyl (C=O) groups is 2. The monoisotopic (exact) mass is 429 g/mol. The summed E-state index contributed by atoms with van der Waals surface area (Å²) in [5.74, 6) is 0.768. The molecule has 0 spiro atoms. The maximum Gasteiger partial charge on any atom is 0.274 e. The van der Waals surface area contributed by atoms with E-state index in [4.69, 9.17) is 4.74 Å². The van der Waals surface area contributed by atoms with Gasteiger partial charge in [-0.3, -0.25) is 9.59 Å². The molecule has 1 aromatic heterocycles. The number of allylic oxidation sites excluding steroid dienone is 1. The van der Waals surface area contributed by atoms with Gasteiger partial charge in [0.2, 0.25) is 0 Å². The van der Waals surface area contributed by atoms with Crippen LogP contribution in [0.15, 0.2) is 42.3 Å². The van der Waals surface area contributed by atoms with E-state index < -0.39 is 6.04 Å². The molecule has 6 rings (SSSR count). The number of fused-ring (bicyclic) bond motifs is 7. The Morgan fingerprint density at radius 3 is 2.75 bits per heavy atom. The quantitative estimate of drug-likeness (QED) is 0.688. The smallest absolute Gasteiger partial charge is 0.274 e. The zero-order valence-electron chi connectivity index (χ0n) is 18.9. The van der Waals surface area contributed by atoms with Gasteiger partial charge in [-0.2, -0.15) is 0 Å². The number of hydrogen-bond donors (Lipinski definition) is 1. The number of nitrogens with zero attached hydrogens (tertiary/aromatic N) is 2. The summed E-state index contributed by atoms with van der Waals surface area (Å²) < 4.78 is 6.18. The second-order valence-electron chi connectivity index (χ2n) is 10.3. The molecule has 6 nitrogen and oxygen atoms in total. The van der Waals surface area contributed by atoms with E-state index in [-0.39, 0.29) is 22.8 Å². The Labute approximate surface area is 187 Å². The molecular formula is C26H27N3O3. The van der Waals surface area contributed by atoms with Gasteiger partial charge in [-0.05, 0) is 50.1 Å². The van der Waals surface area contributed by atoms with Crippen LogP contribution in [-0.2, 0) is 21.4 Å². The van der Waals surface area contributed by atoms with E-state index in [1.807, 2.05) is 38.3 Å². The average Bonchev–Trinajstić information content (AvgIpc) is 3.35. The fourth-order valence-corrected chi connectivity index (χ4v) is 5.41. The first-order valence-electron chi connectivity index (χ1n) is 11.3. The molecule has 2 amide bonds. The van der Waals surface area contributed by atoms with Crippen molar-refractivity contribution in [3.63, 3.8) is 0 Å². The van der Waals surface area contributed by atoms with Gasteiger partial charge in [0, 0.05) is 41.2 Å². The zero-order valence-corrected chi connectivity index (χ0v) is 18.9.